The molecule has 1 N–H and O–H groups in total. The molecule has 0 radical (unpaired) electrons. The number of fused-ring (bicyclic) bond motifs is 5. The van der Waals surface area contributed by atoms with Crippen molar-refractivity contribution in [2.45, 2.75) is 96.9 Å². The van der Waals surface area contributed by atoms with Crippen LogP contribution < -0.4 is 0 Å². The highest BCUT2D eigenvalue weighted by molar-refractivity contribution is 5.66. The lowest BCUT2D eigenvalue weighted by atomic mass is 9.43. The number of aliphatic carboxylic acids is 1. The van der Waals surface area contributed by atoms with Crippen molar-refractivity contribution in [3.63, 3.8) is 0 Å². The van der Waals surface area contributed by atoms with Crippen molar-refractivity contribution < 1.29 is 38.5 Å². The standard InChI is InChI=1S/C27H40O8/c1-16(4-7-24(31)32)19-5-6-20-25-21(12-23(35-15-30)27(19,20)3)26(2)9-8-18(33-13-28)10-17(26)11-22(25)34-14-29/h13-23,25H,4-12H2,1-3H3,(H,31,32)/t16-,17?,18?,19-,20?,21?,22?,23?,25?,26+,27-/m1/s1. The number of hydrogen-bond donors (Lipinski definition) is 1. The van der Waals surface area contributed by atoms with Gasteiger partial charge in [0.2, 0.25) is 0 Å². The van der Waals surface area contributed by atoms with Crippen molar-refractivity contribution in [1.29, 1.82) is 0 Å². The first-order chi connectivity index (χ1) is 16.7. The number of carbonyl (C=O) groups excluding carboxylic acids is 3. The van der Waals surface area contributed by atoms with E-state index in [9.17, 15) is 24.3 Å². The van der Waals surface area contributed by atoms with Gasteiger partial charge in [-0.05, 0) is 86.4 Å². The Bertz CT molecular complexity index is 815. The van der Waals surface area contributed by atoms with Crippen LogP contribution in [0.25, 0.3) is 0 Å². The smallest absolute Gasteiger partial charge is 0.303 e. The number of hydrogen-bond acceptors (Lipinski definition) is 7. The van der Waals surface area contributed by atoms with Gasteiger partial charge < -0.3 is 19.3 Å². The maximum atomic E-state index is 11.7. The summed E-state index contributed by atoms with van der Waals surface area (Å²) in [4.78, 5) is 45.5. The van der Waals surface area contributed by atoms with Crippen LogP contribution in [0.15, 0.2) is 0 Å². The monoisotopic (exact) mass is 492 g/mol. The summed E-state index contributed by atoms with van der Waals surface area (Å²) in [6, 6.07) is 0. The molecule has 4 saturated carbocycles. The molecule has 0 aromatic heterocycles. The van der Waals surface area contributed by atoms with E-state index in [1.54, 1.807) is 0 Å². The molecular weight excluding hydrogens is 452 g/mol. The lowest BCUT2D eigenvalue weighted by Crippen LogP contribution is -2.63. The van der Waals surface area contributed by atoms with Crippen LogP contribution in [0, 0.1) is 46.3 Å². The molecule has 0 bridgehead atoms. The third-order valence-corrected chi connectivity index (χ3v) is 11.0. The zero-order valence-corrected chi connectivity index (χ0v) is 21.1. The van der Waals surface area contributed by atoms with E-state index in [1.807, 2.05) is 0 Å². The molecule has 8 nitrogen and oxygen atoms in total. The van der Waals surface area contributed by atoms with E-state index >= 15 is 0 Å². The number of ether oxygens (including phenoxy) is 3. The molecule has 0 heterocycles. The third kappa shape index (κ3) is 4.35. The summed E-state index contributed by atoms with van der Waals surface area (Å²) < 4.78 is 17.0. The number of carboxylic acids is 1. The Labute approximate surface area is 207 Å². The van der Waals surface area contributed by atoms with Gasteiger partial charge in [0, 0.05) is 17.8 Å². The quantitative estimate of drug-likeness (QED) is 0.359. The summed E-state index contributed by atoms with van der Waals surface area (Å²) in [6.45, 7) is 8.34. The molecule has 0 saturated heterocycles. The second kappa shape index (κ2) is 10.1. The van der Waals surface area contributed by atoms with E-state index < -0.39 is 5.97 Å². The van der Waals surface area contributed by atoms with Crippen molar-refractivity contribution in [1.82, 2.24) is 0 Å². The normalized spacial score (nSPS) is 45.1. The average Bonchev–Trinajstić information content (AvgIpc) is 3.17. The summed E-state index contributed by atoms with van der Waals surface area (Å²) in [7, 11) is 0. The molecule has 0 amide bonds. The van der Waals surface area contributed by atoms with Gasteiger partial charge in [0.1, 0.15) is 18.3 Å². The fourth-order valence-corrected chi connectivity index (χ4v) is 9.30. The highest BCUT2D eigenvalue weighted by Gasteiger charge is 2.67. The molecule has 7 unspecified atom stereocenters. The van der Waals surface area contributed by atoms with Crippen molar-refractivity contribution in [3.8, 4) is 0 Å². The zero-order chi connectivity index (χ0) is 25.4. The maximum Gasteiger partial charge on any atom is 0.303 e. The van der Waals surface area contributed by atoms with Crippen LogP contribution in [0.3, 0.4) is 0 Å². The second-order valence-electron chi connectivity index (χ2n) is 12.0. The number of rotatable bonds is 10. The van der Waals surface area contributed by atoms with E-state index in [-0.39, 0.29) is 71.1 Å². The zero-order valence-electron chi connectivity index (χ0n) is 21.1. The van der Waals surface area contributed by atoms with Crippen molar-refractivity contribution >= 4 is 25.4 Å². The predicted molar refractivity (Wildman–Crippen MR) is 125 cm³/mol. The van der Waals surface area contributed by atoms with Gasteiger partial charge >= 0.3 is 5.97 Å². The van der Waals surface area contributed by atoms with E-state index in [0.717, 1.165) is 38.5 Å². The van der Waals surface area contributed by atoms with Gasteiger partial charge in [-0.3, -0.25) is 19.2 Å². The van der Waals surface area contributed by atoms with Crippen LogP contribution in [0.1, 0.15) is 78.6 Å². The first kappa shape index (κ1) is 26.0. The van der Waals surface area contributed by atoms with Gasteiger partial charge in [0.05, 0.1) is 0 Å². The molecular formula is C27H40O8. The Balaban J connectivity index is 1.68. The van der Waals surface area contributed by atoms with Gasteiger partial charge in [-0.2, -0.15) is 0 Å². The summed E-state index contributed by atoms with van der Waals surface area (Å²) in [5.74, 6) is 0.481. The minimum Gasteiger partial charge on any atom is -0.481 e. The van der Waals surface area contributed by atoms with Crippen LogP contribution in [-0.4, -0.2) is 48.8 Å². The average molecular weight is 493 g/mol. The molecule has 0 aliphatic heterocycles. The SMILES string of the molecule is C[C@H](CCC(=O)O)[C@H]1CCC2C3C(OC=O)CC4CC(OC=O)CC[C@]4(C)C3CC(OC=O)[C@@]21C. The molecule has 35 heavy (non-hydrogen) atoms. The van der Waals surface area contributed by atoms with Crippen LogP contribution in [0.4, 0.5) is 0 Å². The van der Waals surface area contributed by atoms with E-state index in [4.69, 9.17) is 14.2 Å². The van der Waals surface area contributed by atoms with Crippen molar-refractivity contribution in [3.05, 3.63) is 0 Å². The Kier molecular flexibility index (Phi) is 7.49. The van der Waals surface area contributed by atoms with Crippen LogP contribution in [0.5, 0.6) is 0 Å². The van der Waals surface area contributed by atoms with E-state index in [2.05, 4.69) is 20.8 Å². The molecule has 11 atom stereocenters. The molecule has 4 aliphatic carbocycles. The van der Waals surface area contributed by atoms with Crippen LogP contribution in [-0.2, 0) is 33.4 Å². The molecule has 8 heteroatoms. The fraction of sp³-hybridized carbons (Fsp3) is 0.852. The van der Waals surface area contributed by atoms with Gasteiger partial charge in [-0.15, -0.1) is 0 Å². The minimum absolute atomic E-state index is 0.0189. The van der Waals surface area contributed by atoms with Gasteiger partial charge in [-0.25, -0.2) is 0 Å². The molecule has 4 rings (SSSR count). The minimum atomic E-state index is -0.791. The van der Waals surface area contributed by atoms with Crippen molar-refractivity contribution in [2.24, 2.45) is 46.3 Å². The first-order valence-corrected chi connectivity index (χ1v) is 13.2. The molecule has 196 valence electrons. The Morgan fingerprint density at radius 3 is 2.34 bits per heavy atom. The highest BCUT2D eigenvalue weighted by Crippen LogP contribution is 2.69. The summed E-state index contributed by atoms with van der Waals surface area (Å²) in [6.07, 6.45) is 5.98. The van der Waals surface area contributed by atoms with Crippen LogP contribution >= 0.6 is 0 Å². The first-order valence-electron chi connectivity index (χ1n) is 13.2. The lowest BCUT2D eigenvalue weighted by Gasteiger charge is -2.64. The van der Waals surface area contributed by atoms with Gasteiger partial charge in [0.15, 0.2) is 0 Å². The fourth-order valence-electron chi connectivity index (χ4n) is 9.30. The third-order valence-electron chi connectivity index (χ3n) is 11.0. The number of carboxylic acid groups (broad SMARTS) is 1. The van der Waals surface area contributed by atoms with E-state index in [1.165, 1.54) is 0 Å². The Morgan fingerprint density at radius 2 is 1.69 bits per heavy atom. The summed E-state index contributed by atoms with van der Waals surface area (Å²) in [5.41, 5.74) is -0.319. The topological polar surface area (TPSA) is 116 Å². The lowest BCUT2D eigenvalue weighted by molar-refractivity contribution is -0.218. The molecule has 4 fully saturated rings. The van der Waals surface area contributed by atoms with Crippen LogP contribution in [0.2, 0.25) is 0 Å². The molecule has 0 aromatic rings. The maximum absolute atomic E-state index is 11.7. The van der Waals surface area contributed by atoms with Gasteiger partial charge in [-0.1, -0.05) is 20.8 Å². The predicted octanol–water partition coefficient (Wildman–Crippen LogP) is 3.99. The van der Waals surface area contributed by atoms with Gasteiger partial charge in [0.25, 0.3) is 19.4 Å². The van der Waals surface area contributed by atoms with Crippen molar-refractivity contribution in [2.75, 3.05) is 0 Å². The molecule has 0 aromatic carbocycles. The molecule has 0 spiro atoms. The summed E-state index contributed by atoms with van der Waals surface area (Å²) in [5, 5.41) is 9.23. The Hall–Kier alpha value is -2.12. The largest absolute Gasteiger partial charge is 0.481 e. The second-order valence-corrected chi connectivity index (χ2v) is 12.0. The molecule has 4 aliphatic rings. The highest BCUT2D eigenvalue weighted by atomic mass is 16.5. The number of carbonyl (C=O) groups is 4. The summed E-state index contributed by atoms with van der Waals surface area (Å²) >= 11 is 0. The van der Waals surface area contributed by atoms with E-state index in [0.29, 0.717) is 32.3 Å². The Morgan fingerprint density at radius 1 is 0.971 bits per heavy atom.